The summed E-state index contributed by atoms with van der Waals surface area (Å²) in [6.45, 7) is 8.27. The standard InChI is InChI=1S/C14H21N3O2S/c1-5-15-14(20)17-16-13(18)11(4)19-12-8-6-7-9(2)10(12)3/h6-8,11H,5H2,1-4H3,(H,16,18)(H2,15,17,20). The normalized spacial score (nSPS) is 11.4. The maximum atomic E-state index is 11.9. The van der Waals surface area contributed by atoms with Gasteiger partial charge in [-0.1, -0.05) is 12.1 Å². The van der Waals surface area contributed by atoms with Crippen LogP contribution in [0.15, 0.2) is 18.2 Å². The van der Waals surface area contributed by atoms with E-state index in [0.717, 1.165) is 11.1 Å². The molecule has 0 fully saturated rings. The van der Waals surface area contributed by atoms with Crippen LogP contribution in [0, 0.1) is 13.8 Å². The monoisotopic (exact) mass is 295 g/mol. The van der Waals surface area contributed by atoms with Gasteiger partial charge in [0.15, 0.2) is 11.2 Å². The molecule has 5 nitrogen and oxygen atoms in total. The average molecular weight is 295 g/mol. The van der Waals surface area contributed by atoms with Crippen molar-refractivity contribution in [3.05, 3.63) is 29.3 Å². The molecule has 0 aliphatic carbocycles. The summed E-state index contributed by atoms with van der Waals surface area (Å²) >= 11 is 4.95. The van der Waals surface area contributed by atoms with Crippen molar-refractivity contribution in [3.8, 4) is 5.75 Å². The molecular weight excluding hydrogens is 274 g/mol. The number of thiocarbonyl (C=S) groups is 1. The van der Waals surface area contributed by atoms with E-state index in [-0.39, 0.29) is 5.91 Å². The van der Waals surface area contributed by atoms with Gasteiger partial charge in [0.25, 0.3) is 5.91 Å². The van der Waals surface area contributed by atoms with Crippen LogP contribution in [0.2, 0.25) is 0 Å². The number of aryl methyl sites for hydroxylation is 1. The second-order valence-corrected chi connectivity index (χ2v) is 4.84. The molecule has 0 saturated heterocycles. The molecule has 0 aliphatic rings. The first-order valence-electron chi connectivity index (χ1n) is 6.52. The SMILES string of the molecule is CCNC(=S)NNC(=O)C(C)Oc1cccc(C)c1C. The van der Waals surface area contributed by atoms with E-state index in [1.165, 1.54) is 0 Å². The fourth-order valence-electron chi connectivity index (χ4n) is 1.52. The van der Waals surface area contributed by atoms with Crippen molar-refractivity contribution in [3.63, 3.8) is 0 Å². The molecule has 0 aromatic heterocycles. The molecule has 6 heteroatoms. The second kappa shape index (κ2) is 7.69. The van der Waals surface area contributed by atoms with Crippen LogP contribution >= 0.6 is 12.2 Å². The Morgan fingerprint density at radius 1 is 1.35 bits per heavy atom. The third-order valence-electron chi connectivity index (χ3n) is 2.86. The summed E-state index contributed by atoms with van der Waals surface area (Å²) in [6.07, 6.45) is -0.618. The third kappa shape index (κ3) is 4.70. The molecule has 0 bridgehead atoms. The number of amides is 1. The van der Waals surface area contributed by atoms with E-state index in [1.807, 2.05) is 39.0 Å². The number of carbonyl (C=O) groups is 1. The Hall–Kier alpha value is -1.82. The zero-order valence-electron chi connectivity index (χ0n) is 12.2. The van der Waals surface area contributed by atoms with Crippen LogP contribution in [-0.2, 0) is 4.79 Å². The zero-order valence-corrected chi connectivity index (χ0v) is 13.1. The first-order chi connectivity index (χ1) is 9.45. The molecular formula is C14H21N3O2S. The van der Waals surface area contributed by atoms with Gasteiger partial charge in [-0.05, 0) is 57.1 Å². The lowest BCUT2D eigenvalue weighted by molar-refractivity contribution is -0.127. The van der Waals surface area contributed by atoms with Gasteiger partial charge in [0.05, 0.1) is 0 Å². The molecule has 1 aromatic rings. The minimum Gasteiger partial charge on any atom is -0.481 e. The first-order valence-corrected chi connectivity index (χ1v) is 6.93. The molecule has 1 aromatic carbocycles. The van der Waals surface area contributed by atoms with E-state index >= 15 is 0 Å². The smallest absolute Gasteiger partial charge is 0.279 e. The number of hydrogen-bond donors (Lipinski definition) is 3. The topological polar surface area (TPSA) is 62.4 Å². The maximum Gasteiger partial charge on any atom is 0.279 e. The van der Waals surface area contributed by atoms with Gasteiger partial charge in [-0.25, -0.2) is 0 Å². The summed E-state index contributed by atoms with van der Waals surface area (Å²) in [5.41, 5.74) is 7.28. The second-order valence-electron chi connectivity index (χ2n) is 4.43. The molecule has 3 N–H and O–H groups in total. The van der Waals surface area contributed by atoms with Crippen molar-refractivity contribution in [2.24, 2.45) is 0 Å². The summed E-state index contributed by atoms with van der Waals surface area (Å²) < 4.78 is 5.66. The first kappa shape index (κ1) is 16.2. The van der Waals surface area contributed by atoms with Crippen LogP contribution in [0.25, 0.3) is 0 Å². The van der Waals surface area contributed by atoms with Crippen LogP contribution in [0.4, 0.5) is 0 Å². The highest BCUT2D eigenvalue weighted by Gasteiger charge is 2.15. The molecule has 1 amide bonds. The molecule has 0 spiro atoms. The van der Waals surface area contributed by atoms with Gasteiger partial charge in [-0.2, -0.15) is 0 Å². The van der Waals surface area contributed by atoms with E-state index in [4.69, 9.17) is 17.0 Å². The Morgan fingerprint density at radius 2 is 2.05 bits per heavy atom. The number of nitrogens with one attached hydrogen (secondary N) is 3. The van der Waals surface area contributed by atoms with Crippen molar-refractivity contribution >= 4 is 23.2 Å². The molecule has 0 radical (unpaired) electrons. The Balaban J connectivity index is 2.53. The Kier molecular flexibility index (Phi) is 6.24. The number of hydrogen-bond acceptors (Lipinski definition) is 3. The Morgan fingerprint density at radius 3 is 2.70 bits per heavy atom. The number of benzene rings is 1. The summed E-state index contributed by atoms with van der Waals surface area (Å²) in [4.78, 5) is 11.9. The molecule has 1 rings (SSSR count). The summed E-state index contributed by atoms with van der Waals surface area (Å²) in [5.74, 6) is 0.424. The molecule has 110 valence electrons. The van der Waals surface area contributed by atoms with E-state index < -0.39 is 6.10 Å². The van der Waals surface area contributed by atoms with Gasteiger partial charge >= 0.3 is 0 Å². The third-order valence-corrected chi connectivity index (χ3v) is 3.11. The highest BCUT2D eigenvalue weighted by molar-refractivity contribution is 7.80. The van der Waals surface area contributed by atoms with Gasteiger partial charge in [-0.3, -0.25) is 15.6 Å². The lowest BCUT2D eigenvalue weighted by atomic mass is 10.1. The predicted octanol–water partition coefficient (Wildman–Crippen LogP) is 1.59. The molecule has 20 heavy (non-hydrogen) atoms. The minimum atomic E-state index is -0.618. The Labute approximate surface area is 125 Å². The average Bonchev–Trinajstić information content (AvgIpc) is 2.41. The summed E-state index contributed by atoms with van der Waals surface area (Å²) in [7, 11) is 0. The largest absolute Gasteiger partial charge is 0.481 e. The van der Waals surface area contributed by atoms with Gasteiger partial charge in [-0.15, -0.1) is 0 Å². The van der Waals surface area contributed by atoms with Crippen LogP contribution < -0.4 is 20.9 Å². The highest BCUT2D eigenvalue weighted by Crippen LogP contribution is 2.21. The predicted molar refractivity (Wildman–Crippen MR) is 83.6 cm³/mol. The number of carbonyl (C=O) groups excluding carboxylic acids is 1. The number of rotatable bonds is 4. The minimum absolute atomic E-state index is 0.286. The van der Waals surface area contributed by atoms with Crippen molar-refractivity contribution in [2.45, 2.75) is 33.8 Å². The molecule has 1 unspecified atom stereocenters. The Bertz CT molecular complexity index is 491. The van der Waals surface area contributed by atoms with E-state index in [0.29, 0.717) is 17.4 Å². The van der Waals surface area contributed by atoms with Crippen LogP contribution in [0.3, 0.4) is 0 Å². The van der Waals surface area contributed by atoms with Gasteiger partial charge in [0.2, 0.25) is 0 Å². The molecule has 0 heterocycles. The zero-order chi connectivity index (χ0) is 15.1. The lowest BCUT2D eigenvalue weighted by Crippen LogP contribution is -2.50. The molecule has 0 saturated carbocycles. The van der Waals surface area contributed by atoms with Gasteiger partial charge < -0.3 is 10.1 Å². The fraction of sp³-hybridized carbons (Fsp3) is 0.429. The van der Waals surface area contributed by atoms with Crippen LogP contribution in [0.1, 0.15) is 25.0 Å². The maximum absolute atomic E-state index is 11.9. The van der Waals surface area contributed by atoms with Crippen molar-refractivity contribution in [2.75, 3.05) is 6.54 Å². The quantitative estimate of drug-likeness (QED) is 0.581. The summed E-state index contributed by atoms with van der Waals surface area (Å²) in [5, 5.41) is 3.25. The van der Waals surface area contributed by atoms with Crippen molar-refractivity contribution < 1.29 is 9.53 Å². The number of ether oxygens (including phenoxy) is 1. The lowest BCUT2D eigenvalue weighted by Gasteiger charge is -2.18. The van der Waals surface area contributed by atoms with Crippen LogP contribution in [0.5, 0.6) is 5.75 Å². The number of hydrazine groups is 1. The summed E-state index contributed by atoms with van der Waals surface area (Å²) in [6, 6.07) is 5.76. The van der Waals surface area contributed by atoms with Gasteiger partial charge in [0, 0.05) is 6.54 Å². The van der Waals surface area contributed by atoms with Crippen LogP contribution in [-0.4, -0.2) is 23.7 Å². The molecule has 1 atom stereocenters. The fourth-order valence-corrected chi connectivity index (χ4v) is 1.72. The molecule has 0 aliphatic heterocycles. The highest BCUT2D eigenvalue weighted by atomic mass is 32.1. The van der Waals surface area contributed by atoms with E-state index in [1.54, 1.807) is 6.92 Å². The van der Waals surface area contributed by atoms with E-state index in [9.17, 15) is 4.79 Å². The van der Waals surface area contributed by atoms with E-state index in [2.05, 4.69) is 16.2 Å². The van der Waals surface area contributed by atoms with Crippen molar-refractivity contribution in [1.29, 1.82) is 0 Å². The van der Waals surface area contributed by atoms with Gasteiger partial charge in [0.1, 0.15) is 5.75 Å². The van der Waals surface area contributed by atoms with Crippen molar-refractivity contribution in [1.82, 2.24) is 16.2 Å².